The fourth-order valence-corrected chi connectivity index (χ4v) is 1.73. The van der Waals surface area contributed by atoms with Crippen molar-refractivity contribution in [2.75, 3.05) is 6.54 Å². The Labute approximate surface area is 99.2 Å². The quantitative estimate of drug-likeness (QED) is 0.842. The number of hydrogen-bond donors (Lipinski definition) is 2. The third-order valence-corrected chi connectivity index (χ3v) is 2.59. The number of aryl methyl sites for hydroxylation is 2. The Hall–Kier alpha value is -2.04. The molecule has 0 aromatic carbocycles. The maximum absolute atomic E-state index is 11.9. The first-order valence-corrected chi connectivity index (χ1v) is 5.50. The topological polar surface area (TPSA) is 70.9 Å². The molecule has 0 aliphatic heterocycles. The summed E-state index contributed by atoms with van der Waals surface area (Å²) in [7, 11) is 0. The van der Waals surface area contributed by atoms with E-state index in [2.05, 4.69) is 15.5 Å². The molecule has 17 heavy (non-hydrogen) atoms. The largest absolute Gasteiger partial charge is 0.469 e. The summed E-state index contributed by atoms with van der Waals surface area (Å²) in [6.45, 7) is 4.20. The SMILES string of the molecule is Cc1n[nH]c(C)c1C(=O)NCCc1ccco1. The number of aromatic amines is 1. The van der Waals surface area contributed by atoms with Crippen molar-refractivity contribution in [1.29, 1.82) is 0 Å². The van der Waals surface area contributed by atoms with Gasteiger partial charge in [-0.25, -0.2) is 0 Å². The Balaban J connectivity index is 1.90. The van der Waals surface area contributed by atoms with Gasteiger partial charge in [0.1, 0.15) is 5.76 Å². The molecule has 90 valence electrons. The zero-order valence-corrected chi connectivity index (χ0v) is 9.91. The van der Waals surface area contributed by atoms with Gasteiger partial charge in [0.2, 0.25) is 0 Å². The van der Waals surface area contributed by atoms with E-state index in [1.165, 1.54) is 0 Å². The third kappa shape index (κ3) is 2.55. The number of carbonyl (C=O) groups excluding carboxylic acids is 1. The summed E-state index contributed by atoms with van der Waals surface area (Å²) in [6.07, 6.45) is 2.32. The second kappa shape index (κ2) is 4.86. The Morgan fingerprint density at radius 3 is 2.94 bits per heavy atom. The summed E-state index contributed by atoms with van der Waals surface area (Å²) in [5.74, 6) is 0.770. The van der Waals surface area contributed by atoms with Gasteiger partial charge < -0.3 is 9.73 Å². The molecule has 2 aromatic heterocycles. The zero-order valence-electron chi connectivity index (χ0n) is 9.91. The summed E-state index contributed by atoms with van der Waals surface area (Å²) < 4.78 is 5.18. The first-order chi connectivity index (χ1) is 8.18. The van der Waals surface area contributed by atoms with Crippen LogP contribution in [0.4, 0.5) is 0 Å². The van der Waals surface area contributed by atoms with E-state index < -0.39 is 0 Å². The van der Waals surface area contributed by atoms with Crippen LogP contribution in [0.1, 0.15) is 27.5 Å². The number of H-pyrrole nitrogens is 1. The predicted octanol–water partition coefficient (Wildman–Crippen LogP) is 1.59. The minimum Gasteiger partial charge on any atom is -0.469 e. The lowest BCUT2D eigenvalue weighted by molar-refractivity contribution is 0.0952. The molecule has 0 bridgehead atoms. The van der Waals surface area contributed by atoms with E-state index in [4.69, 9.17) is 4.42 Å². The normalized spacial score (nSPS) is 10.5. The molecule has 0 radical (unpaired) electrons. The molecule has 2 heterocycles. The highest BCUT2D eigenvalue weighted by Crippen LogP contribution is 2.08. The lowest BCUT2D eigenvalue weighted by Gasteiger charge is -2.03. The van der Waals surface area contributed by atoms with Gasteiger partial charge in [0, 0.05) is 18.7 Å². The fraction of sp³-hybridized carbons (Fsp3) is 0.333. The summed E-state index contributed by atoms with van der Waals surface area (Å²) in [5.41, 5.74) is 2.14. The smallest absolute Gasteiger partial charge is 0.255 e. The molecule has 0 saturated carbocycles. The van der Waals surface area contributed by atoms with Gasteiger partial charge in [-0.2, -0.15) is 5.10 Å². The van der Waals surface area contributed by atoms with E-state index in [0.29, 0.717) is 18.5 Å². The van der Waals surface area contributed by atoms with Crippen molar-refractivity contribution < 1.29 is 9.21 Å². The number of rotatable bonds is 4. The first kappa shape index (κ1) is 11.4. The molecule has 5 nitrogen and oxygen atoms in total. The maximum atomic E-state index is 11.9. The van der Waals surface area contributed by atoms with Crippen molar-refractivity contribution in [2.45, 2.75) is 20.3 Å². The number of hydrogen-bond acceptors (Lipinski definition) is 3. The van der Waals surface area contributed by atoms with Crippen LogP contribution in [0.15, 0.2) is 22.8 Å². The van der Waals surface area contributed by atoms with Crippen molar-refractivity contribution in [1.82, 2.24) is 15.5 Å². The van der Waals surface area contributed by atoms with Crippen molar-refractivity contribution in [3.05, 3.63) is 41.1 Å². The lowest BCUT2D eigenvalue weighted by Crippen LogP contribution is -2.26. The van der Waals surface area contributed by atoms with Gasteiger partial charge in [0.15, 0.2) is 0 Å². The molecular formula is C12H15N3O2. The minimum atomic E-state index is -0.0969. The second-order valence-electron chi connectivity index (χ2n) is 3.89. The van der Waals surface area contributed by atoms with E-state index in [1.54, 1.807) is 6.26 Å². The van der Waals surface area contributed by atoms with E-state index in [1.807, 2.05) is 26.0 Å². The van der Waals surface area contributed by atoms with Gasteiger partial charge in [-0.05, 0) is 26.0 Å². The molecule has 0 saturated heterocycles. The van der Waals surface area contributed by atoms with Crippen molar-refractivity contribution in [3.8, 4) is 0 Å². The molecule has 0 unspecified atom stereocenters. The van der Waals surface area contributed by atoms with E-state index in [-0.39, 0.29) is 5.91 Å². The van der Waals surface area contributed by atoms with Gasteiger partial charge >= 0.3 is 0 Å². The monoisotopic (exact) mass is 233 g/mol. The number of aromatic nitrogens is 2. The maximum Gasteiger partial charge on any atom is 0.255 e. The summed E-state index contributed by atoms with van der Waals surface area (Å²) in [5, 5.41) is 9.63. The molecule has 0 atom stereocenters. The lowest BCUT2D eigenvalue weighted by atomic mass is 10.2. The van der Waals surface area contributed by atoms with Crippen LogP contribution in [0.25, 0.3) is 0 Å². The fourth-order valence-electron chi connectivity index (χ4n) is 1.73. The van der Waals surface area contributed by atoms with Gasteiger partial charge in [-0.15, -0.1) is 0 Å². The van der Waals surface area contributed by atoms with Crippen LogP contribution in [0.3, 0.4) is 0 Å². The van der Waals surface area contributed by atoms with E-state index in [9.17, 15) is 4.79 Å². The van der Waals surface area contributed by atoms with Crippen LogP contribution >= 0.6 is 0 Å². The predicted molar refractivity (Wildman–Crippen MR) is 62.8 cm³/mol. The molecule has 1 amide bonds. The molecule has 0 fully saturated rings. The van der Waals surface area contributed by atoms with E-state index in [0.717, 1.165) is 17.1 Å². The van der Waals surface area contributed by atoms with Gasteiger partial charge in [-0.3, -0.25) is 9.89 Å². The highest BCUT2D eigenvalue weighted by atomic mass is 16.3. The summed E-state index contributed by atoms with van der Waals surface area (Å²) >= 11 is 0. The molecule has 5 heteroatoms. The van der Waals surface area contributed by atoms with E-state index >= 15 is 0 Å². The number of nitrogens with one attached hydrogen (secondary N) is 2. The van der Waals surface area contributed by atoms with Crippen molar-refractivity contribution in [2.24, 2.45) is 0 Å². The summed E-state index contributed by atoms with van der Waals surface area (Å²) in [6, 6.07) is 3.72. The summed E-state index contributed by atoms with van der Waals surface area (Å²) in [4.78, 5) is 11.9. The average molecular weight is 233 g/mol. The van der Waals surface area contributed by atoms with Gasteiger partial charge in [0.05, 0.1) is 17.5 Å². The minimum absolute atomic E-state index is 0.0969. The Morgan fingerprint density at radius 1 is 1.53 bits per heavy atom. The Kier molecular flexibility index (Phi) is 3.27. The van der Waals surface area contributed by atoms with Gasteiger partial charge in [-0.1, -0.05) is 0 Å². The van der Waals surface area contributed by atoms with Crippen molar-refractivity contribution >= 4 is 5.91 Å². The van der Waals surface area contributed by atoms with Crippen LogP contribution in [0, 0.1) is 13.8 Å². The Bertz CT molecular complexity index is 480. The van der Waals surface area contributed by atoms with Gasteiger partial charge in [0.25, 0.3) is 5.91 Å². The number of furan rings is 1. The third-order valence-electron chi connectivity index (χ3n) is 2.59. The van der Waals surface area contributed by atoms with Crippen LogP contribution in [-0.2, 0) is 6.42 Å². The molecule has 0 aliphatic carbocycles. The van der Waals surface area contributed by atoms with Crippen LogP contribution < -0.4 is 5.32 Å². The number of amides is 1. The Morgan fingerprint density at radius 2 is 2.35 bits per heavy atom. The van der Waals surface area contributed by atoms with Crippen molar-refractivity contribution in [3.63, 3.8) is 0 Å². The molecule has 0 aliphatic rings. The molecule has 0 spiro atoms. The molecule has 2 N–H and O–H groups in total. The van der Waals surface area contributed by atoms with Crippen LogP contribution in [0.5, 0.6) is 0 Å². The molecule has 2 rings (SSSR count). The first-order valence-electron chi connectivity index (χ1n) is 5.50. The highest BCUT2D eigenvalue weighted by molar-refractivity contribution is 5.96. The second-order valence-corrected chi connectivity index (χ2v) is 3.89. The molecule has 2 aromatic rings. The molecular weight excluding hydrogens is 218 g/mol. The average Bonchev–Trinajstić information content (AvgIpc) is 2.89. The standard InChI is InChI=1S/C12H15N3O2/c1-8-11(9(2)15-14-8)12(16)13-6-5-10-4-3-7-17-10/h3-4,7H,5-6H2,1-2H3,(H,13,16)(H,14,15). The van der Waals surface area contributed by atoms with Crippen LogP contribution in [0.2, 0.25) is 0 Å². The number of nitrogens with zero attached hydrogens (tertiary/aromatic N) is 1. The zero-order chi connectivity index (χ0) is 12.3. The number of carbonyl (C=O) groups is 1. The highest BCUT2D eigenvalue weighted by Gasteiger charge is 2.14. The van der Waals surface area contributed by atoms with Crippen LogP contribution in [-0.4, -0.2) is 22.6 Å².